The van der Waals surface area contributed by atoms with Gasteiger partial charge in [0.2, 0.25) is 5.95 Å². The van der Waals surface area contributed by atoms with Crippen LogP contribution in [0.25, 0.3) is 17.2 Å². The van der Waals surface area contributed by atoms with Gasteiger partial charge in [-0.1, -0.05) is 32.1 Å². The Morgan fingerprint density at radius 3 is 2.82 bits per heavy atom. The fourth-order valence-electron chi connectivity index (χ4n) is 7.84. The van der Waals surface area contributed by atoms with Crippen molar-refractivity contribution in [2.24, 2.45) is 29.7 Å². The number of nitrogens with two attached hydrogens (primary N) is 1. The maximum atomic E-state index is 13.4. The van der Waals surface area contributed by atoms with E-state index in [2.05, 4.69) is 38.8 Å². The number of nitrogens with one attached hydrogen (secondary N) is 2. The number of aliphatic hydroxyl groups excluding tert-OH is 2. The zero-order chi connectivity index (χ0) is 31.4. The first-order valence-electron chi connectivity index (χ1n) is 15.0. The lowest BCUT2D eigenvalue weighted by Crippen LogP contribution is -2.58. The van der Waals surface area contributed by atoms with E-state index >= 15 is 0 Å². The lowest BCUT2D eigenvalue weighted by Gasteiger charge is -2.60. The van der Waals surface area contributed by atoms with E-state index in [-0.39, 0.29) is 41.1 Å². The number of nitrogen functional groups attached to an aromatic ring is 1. The average Bonchev–Trinajstić information content (AvgIpc) is 3.51. The summed E-state index contributed by atoms with van der Waals surface area (Å²) in [6.45, 7) is 8.61. The predicted molar refractivity (Wildman–Crippen MR) is 166 cm³/mol. The number of H-pyrrole nitrogens is 1. The van der Waals surface area contributed by atoms with Crippen LogP contribution in [0.2, 0.25) is 0 Å². The number of aromatic amines is 1. The Balaban J connectivity index is 1.37. The molecule has 44 heavy (non-hydrogen) atoms. The molecule has 12 heteroatoms. The van der Waals surface area contributed by atoms with Gasteiger partial charge in [0.25, 0.3) is 5.56 Å². The molecular weight excluding hydrogens is 562 g/mol. The Kier molecular flexibility index (Phi) is 7.45. The minimum Gasteiger partial charge on any atom is -0.423 e. The van der Waals surface area contributed by atoms with Gasteiger partial charge in [0.15, 0.2) is 11.2 Å². The Morgan fingerprint density at radius 1 is 1.30 bits per heavy atom. The fraction of sp³-hybridized carbons (Fsp3) is 0.469. The van der Waals surface area contributed by atoms with Gasteiger partial charge in [-0.3, -0.25) is 9.78 Å². The molecule has 6 rings (SSSR count). The molecule has 6 atom stereocenters. The lowest BCUT2D eigenvalue weighted by atomic mass is 9.46. The Hall–Kier alpha value is -4.29. The van der Waals surface area contributed by atoms with E-state index in [1.165, 1.54) is 0 Å². The molecule has 0 aromatic carbocycles. The normalized spacial score (nSPS) is 30.2. The minimum absolute atomic E-state index is 0.00524. The molecule has 12 nitrogen and oxygen atoms in total. The number of pyridine rings is 1. The lowest BCUT2D eigenvalue weighted by molar-refractivity contribution is -0.152. The Labute approximate surface area is 254 Å². The number of fused-ring (bicyclic) bond motifs is 2. The van der Waals surface area contributed by atoms with Crippen molar-refractivity contribution in [1.82, 2.24) is 24.5 Å². The number of hydrogen-bond donors (Lipinski definition) is 5. The molecule has 4 heterocycles. The highest BCUT2D eigenvalue weighted by Gasteiger charge is 2.58. The summed E-state index contributed by atoms with van der Waals surface area (Å²) in [6, 6.07) is 5.07. The summed E-state index contributed by atoms with van der Waals surface area (Å²) in [4.78, 5) is 41.3. The number of rotatable bonds is 7. The minimum atomic E-state index is -0.621. The third kappa shape index (κ3) is 4.91. The first-order valence-corrected chi connectivity index (χ1v) is 15.0. The summed E-state index contributed by atoms with van der Waals surface area (Å²) >= 11 is 0. The van der Waals surface area contributed by atoms with Crippen molar-refractivity contribution in [3.05, 3.63) is 70.1 Å². The molecule has 0 bridgehead atoms. The molecule has 3 unspecified atom stereocenters. The predicted octanol–water partition coefficient (Wildman–Crippen LogP) is 3.07. The van der Waals surface area contributed by atoms with Gasteiger partial charge in [-0.15, -0.1) is 0 Å². The van der Waals surface area contributed by atoms with E-state index in [0.717, 1.165) is 24.8 Å². The Bertz CT molecular complexity index is 1740. The number of nitrogens with zero attached hydrogens (tertiary/aromatic N) is 4. The van der Waals surface area contributed by atoms with Crippen LogP contribution in [0.1, 0.15) is 51.8 Å². The maximum absolute atomic E-state index is 13.4. The van der Waals surface area contributed by atoms with Crippen molar-refractivity contribution < 1.29 is 19.7 Å². The van der Waals surface area contributed by atoms with Crippen molar-refractivity contribution in [3.8, 4) is 0 Å². The Morgan fingerprint density at radius 2 is 2.09 bits per heavy atom. The highest BCUT2D eigenvalue weighted by Crippen LogP contribution is 2.62. The summed E-state index contributed by atoms with van der Waals surface area (Å²) in [5, 5.41) is 24.9. The largest absolute Gasteiger partial charge is 0.423 e. The molecule has 0 saturated heterocycles. The van der Waals surface area contributed by atoms with Gasteiger partial charge in [0, 0.05) is 24.7 Å². The zero-order valence-electron chi connectivity index (χ0n) is 25.2. The number of cyclic esters (lactones) is 1. The van der Waals surface area contributed by atoms with E-state index in [4.69, 9.17) is 10.5 Å². The van der Waals surface area contributed by atoms with Gasteiger partial charge < -0.3 is 30.6 Å². The van der Waals surface area contributed by atoms with Crippen LogP contribution in [0.5, 0.6) is 0 Å². The van der Waals surface area contributed by atoms with Crippen LogP contribution < -0.4 is 16.6 Å². The number of carbonyl (C=O) groups is 1. The van der Waals surface area contributed by atoms with Crippen molar-refractivity contribution in [3.63, 3.8) is 0 Å². The average molecular weight is 602 g/mol. The number of imidazole rings is 1. The van der Waals surface area contributed by atoms with Gasteiger partial charge in [-0.25, -0.2) is 14.8 Å². The van der Waals surface area contributed by atoms with Crippen LogP contribution in [-0.2, 0) is 16.6 Å². The number of aromatic nitrogens is 5. The highest BCUT2D eigenvalue weighted by molar-refractivity contribution is 5.95. The molecular formula is C32H39N7O5. The summed E-state index contributed by atoms with van der Waals surface area (Å²) in [6.07, 6.45) is 7.93. The third-order valence-corrected chi connectivity index (χ3v) is 10.3. The van der Waals surface area contributed by atoms with Crippen LogP contribution in [0, 0.1) is 22.7 Å². The fourth-order valence-corrected chi connectivity index (χ4v) is 7.84. The maximum Gasteiger partial charge on any atom is 0.341 e. The second-order valence-electron chi connectivity index (χ2n) is 12.9. The van der Waals surface area contributed by atoms with Gasteiger partial charge in [0.1, 0.15) is 17.4 Å². The molecule has 2 aliphatic carbocycles. The number of hydrogen-bond acceptors (Lipinski definition) is 10. The van der Waals surface area contributed by atoms with E-state index < -0.39 is 29.1 Å². The van der Waals surface area contributed by atoms with E-state index in [1.807, 2.05) is 25.1 Å². The van der Waals surface area contributed by atoms with Crippen LogP contribution in [0.15, 0.2) is 58.8 Å². The monoisotopic (exact) mass is 601 g/mol. The van der Waals surface area contributed by atoms with E-state index in [1.54, 1.807) is 30.0 Å². The molecule has 0 spiro atoms. The number of anilines is 2. The molecule has 6 N–H and O–H groups in total. The summed E-state index contributed by atoms with van der Waals surface area (Å²) in [7, 11) is 1.70. The summed E-state index contributed by atoms with van der Waals surface area (Å²) in [5.74, 6) is 0.840. The SMILES string of the molecule is C=C1CCC2[C@](C)(CC[C@@H](O)[C@@]2(C)CO)C1CC(Nc1ccccn1)C1=C/C(=C\c2nc3c(=O)[nH]c(N)nc3n2C)OC1=O. The highest BCUT2D eigenvalue weighted by atomic mass is 16.5. The number of esters is 1. The van der Waals surface area contributed by atoms with Gasteiger partial charge in [0.05, 0.1) is 24.3 Å². The van der Waals surface area contributed by atoms with Gasteiger partial charge >= 0.3 is 5.97 Å². The van der Waals surface area contributed by atoms with Crippen LogP contribution >= 0.6 is 0 Å². The number of allylic oxidation sites excluding steroid dienone is 2. The molecule has 232 valence electrons. The first kappa shape index (κ1) is 29.8. The van der Waals surface area contributed by atoms with Crippen molar-refractivity contribution in [2.75, 3.05) is 17.7 Å². The first-order chi connectivity index (χ1) is 20.9. The topological polar surface area (TPSA) is 181 Å². The van der Waals surface area contributed by atoms with E-state index in [9.17, 15) is 19.8 Å². The number of ether oxygens (including phenoxy) is 1. The van der Waals surface area contributed by atoms with Gasteiger partial charge in [-0.2, -0.15) is 4.98 Å². The number of carbonyl (C=O) groups excluding carboxylic acids is 1. The van der Waals surface area contributed by atoms with Crippen molar-refractivity contribution in [2.45, 2.75) is 58.1 Å². The van der Waals surface area contributed by atoms with Crippen LogP contribution in [-0.4, -0.2) is 59.4 Å². The van der Waals surface area contributed by atoms with E-state index in [0.29, 0.717) is 35.7 Å². The summed E-state index contributed by atoms with van der Waals surface area (Å²) in [5.41, 5.74) is 6.37. The molecule has 2 fully saturated rings. The quantitative estimate of drug-likeness (QED) is 0.199. The zero-order valence-corrected chi connectivity index (χ0v) is 25.2. The standard InChI is InChI=1S/C32H39N7O5/c1-17-8-9-22-31(2,11-10-23(41)32(22,3)16-40)20(17)15-21(35-24-7-5-6-12-34-24)19-13-18(44-29(19)43)14-25-36-26-27(39(25)4)37-30(33)38-28(26)42/h5-7,12-14,20-23,40-41H,1,8-11,15-16H2,2-4H3,(H,34,35)(H3,33,37,38,42)/b18-14+/t20?,21?,22?,23-,31-,32+/m1/s1. The molecule has 2 saturated carbocycles. The second-order valence-corrected chi connectivity index (χ2v) is 12.9. The molecule has 3 aliphatic rings. The molecule has 0 radical (unpaired) electrons. The third-order valence-electron chi connectivity index (χ3n) is 10.3. The second kappa shape index (κ2) is 11.0. The molecule has 3 aromatic rings. The van der Waals surface area contributed by atoms with Crippen molar-refractivity contribution in [1.29, 1.82) is 0 Å². The smallest absolute Gasteiger partial charge is 0.341 e. The molecule has 3 aromatic heterocycles. The molecule has 0 amide bonds. The molecule has 1 aliphatic heterocycles. The van der Waals surface area contributed by atoms with Crippen LogP contribution in [0.4, 0.5) is 11.8 Å². The van der Waals surface area contributed by atoms with Crippen LogP contribution in [0.3, 0.4) is 0 Å². The van der Waals surface area contributed by atoms with Gasteiger partial charge in [-0.05, 0) is 67.6 Å². The number of aliphatic hydroxyl groups is 2. The van der Waals surface area contributed by atoms with Crippen molar-refractivity contribution >= 4 is 35.0 Å². The number of aryl methyl sites for hydroxylation is 1. The summed E-state index contributed by atoms with van der Waals surface area (Å²) < 4.78 is 7.32.